The van der Waals surface area contributed by atoms with Crippen LogP contribution in [0.4, 0.5) is 0 Å². The van der Waals surface area contributed by atoms with Crippen LogP contribution in [-0.4, -0.2) is 16.9 Å². The topological polar surface area (TPSA) is 58.9 Å². The van der Waals surface area contributed by atoms with Crippen LogP contribution in [0.2, 0.25) is 0 Å². The number of esters is 1. The molecule has 4 heteroatoms. The first-order chi connectivity index (χ1) is 10.3. The Morgan fingerprint density at radius 2 is 1.76 bits per heavy atom. The smallest absolute Gasteiger partial charge is 0.356 e. The molecule has 0 amide bonds. The van der Waals surface area contributed by atoms with Gasteiger partial charge in [0.1, 0.15) is 6.61 Å². The van der Waals surface area contributed by atoms with Gasteiger partial charge in [-0.1, -0.05) is 74.5 Å². The van der Waals surface area contributed by atoms with Crippen molar-refractivity contribution in [2.45, 2.75) is 58.5 Å². The molecule has 1 aromatic carbocycles. The van der Waals surface area contributed by atoms with Gasteiger partial charge in [0.2, 0.25) is 0 Å². The fraction of sp³-hybridized carbons (Fsp3) is 0.529. The Balaban J connectivity index is 2.24. The van der Waals surface area contributed by atoms with Gasteiger partial charge in [0, 0.05) is 6.42 Å². The highest BCUT2D eigenvalue weighted by Crippen LogP contribution is 2.09. The molecule has 0 saturated heterocycles. The van der Waals surface area contributed by atoms with E-state index in [0.717, 1.165) is 24.8 Å². The maximum absolute atomic E-state index is 11.8. The second-order valence-electron chi connectivity index (χ2n) is 5.13. The number of unbranched alkanes of at least 4 members (excludes halogenated alkanes) is 5. The number of hydrogen-bond donors (Lipinski definition) is 1. The summed E-state index contributed by atoms with van der Waals surface area (Å²) in [4.78, 5) is 11.8. The third kappa shape index (κ3) is 7.49. The second-order valence-corrected chi connectivity index (χ2v) is 5.13. The molecule has 0 saturated carbocycles. The summed E-state index contributed by atoms with van der Waals surface area (Å²) in [5, 5.41) is 12.0. The van der Waals surface area contributed by atoms with E-state index in [9.17, 15) is 4.79 Å². The van der Waals surface area contributed by atoms with Crippen LogP contribution in [0.25, 0.3) is 0 Å². The van der Waals surface area contributed by atoms with Gasteiger partial charge in [0.05, 0.1) is 0 Å². The maximum atomic E-state index is 11.8. The number of nitrogens with zero attached hydrogens (tertiary/aromatic N) is 1. The summed E-state index contributed by atoms with van der Waals surface area (Å²) in [7, 11) is 0. The van der Waals surface area contributed by atoms with Gasteiger partial charge in [-0.25, -0.2) is 4.79 Å². The van der Waals surface area contributed by atoms with Gasteiger partial charge < -0.3 is 9.94 Å². The summed E-state index contributed by atoms with van der Waals surface area (Å²) >= 11 is 0. The van der Waals surface area contributed by atoms with E-state index in [4.69, 9.17) is 9.94 Å². The minimum atomic E-state index is -0.532. The van der Waals surface area contributed by atoms with E-state index in [1.807, 2.05) is 30.3 Å². The van der Waals surface area contributed by atoms with Crippen molar-refractivity contribution in [3.63, 3.8) is 0 Å². The Hall–Kier alpha value is -1.84. The maximum Gasteiger partial charge on any atom is 0.356 e. The molecule has 1 rings (SSSR count). The average molecular weight is 291 g/mol. The lowest BCUT2D eigenvalue weighted by atomic mass is 10.1. The largest absolute Gasteiger partial charge is 0.456 e. The average Bonchev–Trinajstić information content (AvgIpc) is 2.53. The first kappa shape index (κ1) is 17.2. The van der Waals surface area contributed by atoms with Crippen molar-refractivity contribution in [3.05, 3.63) is 35.9 Å². The fourth-order valence-electron chi connectivity index (χ4n) is 2.07. The fourth-order valence-corrected chi connectivity index (χ4v) is 2.07. The quantitative estimate of drug-likeness (QED) is 0.230. The minimum Gasteiger partial charge on any atom is -0.456 e. The zero-order valence-corrected chi connectivity index (χ0v) is 12.8. The van der Waals surface area contributed by atoms with Gasteiger partial charge >= 0.3 is 5.97 Å². The molecule has 0 aromatic heterocycles. The van der Waals surface area contributed by atoms with Gasteiger partial charge in [-0.3, -0.25) is 0 Å². The molecule has 0 spiro atoms. The molecule has 0 unspecified atom stereocenters. The van der Waals surface area contributed by atoms with Crippen molar-refractivity contribution in [3.8, 4) is 0 Å². The van der Waals surface area contributed by atoms with Crippen LogP contribution < -0.4 is 0 Å². The number of benzene rings is 1. The van der Waals surface area contributed by atoms with E-state index < -0.39 is 5.97 Å². The van der Waals surface area contributed by atoms with E-state index in [1.165, 1.54) is 19.3 Å². The Kier molecular flexibility index (Phi) is 8.93. The Labute approximate surface area is 126 Å². The lowest BCUT2D eigenvalue weighted by molar-refractivity contribution is -0.137. The molecule has 0 aliphatic rings. The number of hydrogen-bond acceptors (Lipinski definition) is 4. The predicted molar refractivity (Wildman–Crippen MR) is 83.5 cm³/mol. The summed E-state index contributed by atoms with van der Waals surface area (Å²) < 4.78 is 5.15. The third-order valence-corrected chi connectivity index (χ3v) is 3.34. The zero-order chi connectivity index (χ0) is 15.3. The Morgan fingerprint density at radius 1 is 1.10 bits per heavy atom. The van der Waals surface area contributed by atoms with E-state index in [-0.39, 0.29) is 12.3 Å². The summed E-state index contributed by atoms with van der Waals surface area (Å²) in [5.41, 5.74) is 1.03. The van der Waals surface area contributed by atoms with Crippen LogP contribution >= 0.6 is 0 Å². The van der Waals surface area contributed by atoms with Gasteiger partial charge in [-0.15, -0.1) is 0 Å². The molecule has 116 valence electrons. The number of oxime groups is 1. The first-order valence-corrected chi connectivity index (χ1v) is 7.70. The highest BCUT2D eigenvalue weighted by Gasteiger charge is 2.13. The third-order valence-electron chi connectivity index (χ3n) is 3.34. The molecule has 21 heavy (non-hydrogen) atoms. The van der Waals surface area contributed by atoms with Crippen LogP contribution in [0.15, 0.2) is 35.5 Å². The summed E-state index contributed by atoms with van der Waals surface area (Å²) in [5.74, 6) is -0.532. The molecule has 0 atom stereocenters. The molecule has 0 fully saturated rings. The predicted octanol–water partition coefficient (Wildman–Crippen LogP) is 4.31. The van der Waals surface area contributed by atoms with Gasteiger partial charge in [-0.05, 0) is 12.0 Å². The van der Waals surface area contributed by atoms with Crippen LogP contribution in [0, 0.1) is 0 Å². The molecule has 4 nitrogen and oxygen atoms in total. The highest BCUT2D eigenvalue weighted by atomic mass is 16.5. The normalized spacial score (nSPS) is 11.4. The summed E-state index contributed by atoms with van der Waals surface area (Å²) in [6.45, 7) is 2.38. The molecular formula is C17H25NO3. The van der Waals surface area contributed by atoms with Crippen molar-refractivity contribution in [2.24, 2.45) is 5.16 Å². The van der Waals surface area contributed by atoms with Crippen LogP contribution in [0.1, 0.15) is 57.4 Å². The van der Waals surface area contributed by atoms with E-state index in [1.54, 1.807) is 0 Å². The standard InChI is InChI=1S/C17H25NO3/c1-2-3-4-5-6-10-13-16(18-20)17(19)21-14-15-11-8-7-9-12-15/h7-9,11-12,20H,2-6,10,13-14H2,1H3. The van der Waals surface area contributed by atoms with Crippen LogP contribution in [0.3, 0.4) is 0 Å². The minimum absolute atomic E-state index is 0.112. The second kappa shape index (κ2) is 10.9. The molecule has 0 bridgehead atoms. The highest BCUT2D eigenvalue weighted by molar-refractivity contribution is 6.36. The van der Waals surface area contributed by atoms with Crippen LogP contribution in [0.5, 0.6) is 0 Å². The lowest BCUT2D eigenvalue weighted by Gasteiger charge is -2.06. The van der Waals surface area contributed by atoms with Crippen molar-refractivity contribution in [1.82, 2.24) is 0 Å². The molecule has 0 aliphatic carbocycles. The van der Waals surface area contributed by atoms with Gasteiger partial charge in [-0.2, -0.15) is 0 Å². The summed E-state index contributed by atoms with van der Waals surface area (Å²) in [6.07, 6.45) is 7.21. The van der Waals surface area contributed by atoms with Crippen molar-refractivity contribution in [1.29, 1.82) is 0 Å². The van der Waals surface area contributed by atoms with E-state index in [2.05, 4.69) is 12.1 Å². The summed E-state index contributed by atoms with van der Waals surface area (Å²) in [6, 6.07) is 9.46. The number of carbonyl (C=O) groups is 1. The monoisotopic (exact) mass is 291 g/mol. The zero-order valence-electron chi connectivity index (χ0n) is 12.8. The van der Waals surface area contributed by atoms with E-state index in [0.29, 0.717) is 6.42 Å². The SMILES string of the molecule is CCCCCCCCC(=NO)C(=O)OCc1ccccc1. The molecule has 0 radical (unpaired) electrons. The van der Waals surface area contributed by atoms with Gasteiger partial charge in [0.25, 0.3) is 0 Å². The van der Waals surface area contributed by atoms with E-state index >= 15 is 0 Å². The number of rotatable bonds is 10. The first-order valence-electron chi connectivity index (χ1n) is 7.70. The molecular weight excluding hydrogens is 266 g/mol. The van der Waals surface area contributed by atoms with Crippen molar-refractivity contribution >= 4 is 11.7 Å². The lowest BCUT2D eigenvalue weighted by Crippen LogP contribution is -2.17. The Morgan fingerprint density at radius 3 is 2.43 bits per heavy atom. The Bertz CT molecular complexity index is 429. The molecule has 0 aliphatic heterocycles. The molecule has 1 N–H and O–H groups in total. The molecule has 0 heterocycles. The van der Waals surface area contributed by atoms with Crippen molar-refractivity contribution in [2.75, 3.05) is 0 Å². The van der Waals surface area contributed by atoms with Crippen molar-refractivity contribution < 1.29 is 14.7 Å². The number of ether oxygens (including phenoxy) is 1. The number of carbonyl (C=O) groups excluding carboxylic acids is 1. The van der Waals surface area contributed by atoms with Crippen LogP contribution in [-0.2, 0) is 16.1 Å². The van der Waals surface area contributed by atoms with Gasteiger partial charge in [0.15, 0.2) is 5.71 Å². The molecule has 1 aromatic rings.